The molecule has 0 saturated carbocycles. The normalized spacial score (nSPS) is 10.9. The van der Waals surface area contributed by atoms with Crippen molar-refractivity contribution in [2.45, 2.75) is 25.6 Å². The number of halogens is 3. The fourth-order valence-corrected chi connectivity index (χ4v) is 2.97. The Morgan fingerprint density at radius 1 is 1.00 bits per heavy atom. The number of ether oxygens (including phenoxy) is 2. The van der Waals surface area contributed by atoms with Gasteiger partial charge in [0.1, 0.15) is 11.5 Å². The summed E-state index contributed by atoms with van der Waals surface area (Å²) < 4.78 is 48.7. The van der Waals surface area contributed by atoms with Crippen LogP contribution < -0.4 is 15.4 Å². The van der Waals surface area contributed by atoms with Crippen LogP contribution in [0.4, 0.5) is 23.7 Å². The predicted molar refractivity (Wildman–Crippen MR) is 118 cm³/mol. The summed E-state index contributed by atoms with van der Waals surface area (Å²) in [6, 6.07) is 15.0. The lowest BCUT2D eigenvalue weighted by atomic mass is 10.1. The zero-order chi connectivity index (χ0) is 24.6. The van der Waals surface area contributed by atoms with Crippen molar-refractivity contribution in [3.63, 3.8) is 0 Å². The third-order valence-electron chi connectivity index (χ3n) is 4.66. The van der Waals surface area contributed by atoms with Gasteiger partial charge < -0.3 is 20.1 Å². The summed E-state index contributed by atoms with van der Waals surface area (Å²) in [6.07, 6.45) is -2.96. The molecule has 3 aromatic rings. The topological polar surface area (TPSA) is 89.5 Å². The van der Waals surface area contributed by atoms with Crippen molar-refractivity contribution in [1.82, 2.24) is 10.3 Å². The van der Waals surface area contributed by atoms with E-state index in [1.165, 1.54) is 19.2 Å². The minimum absolute atomic E-state index is 0.0991. The zero-order valence-electron chi connectivity index (χ0n) is 18.2. The first-order chi connectivity index (χ1) is 16.2. The summed E-state index contributed by atoms with van der Waals surface area (Å²) in [5.74, 6) is 0.713. The number of hydrogen-bond acceptors (Lipinski definition) is 5. The van der Waals surface area contributed by atoms with Crippen LogP contribution in [-0.4, -0.2) is 24.1 Å². The van der Waals surface area contributed by atoms with Gasteiger partial charge in [0.25, 0.3) is 0 Å². The van der Waals surface area contributed by atoms with Gasteiger partial charge in [-0.25, -0.2) is 4.79 Å². The lowest BCUT2D eigenvalue weighted by Gasteiger charge is -2.10. The van der Waals surface area contributed by atoms with E-state index in [-0.39, 0.29) is 24.6 Å². The lowest BCUT2D eigenvalue weighted by Crippen LogP contribution is -2.22. The highest BCUT2D eigenvalue weighted by atomic mass is 19.4. The monoisotopic (exact) mass is 473 g/mol. The van der Waals surface area contributed by atoms with E-state index >= 15 is 0 Å². The SMILES string of the molecule is COC(=O)NCc1cc(Oc2ccc(CCC(=O)Nc3cccc(C(F)(F)F)c3)cc2)ccn1. The van der Waals surface area contributed by atoms with Crippen LogP contribution in [0.25, 0.3) is 0 Å². The molecule has 0 aliphatic heterocycles. The van der Waals surface area contributed by atoms with Crippen molar-refractivity contribution in [3.8, 4) is 11.5 Å². The Balaban J connectivity index is 1.50. The van der Waals surface area contributed by atoms with E-state index in [1.807, 2.05) is 0 Å². The van der Waals surface area contributed by atoms with Crippen LogP contribution in [-0.2, 0) is 28.7 Å². The van der Waals surface area contributed by atoms with E-state index in [0.717, 1.165) is 17.7 Å². The van der Waals surface area contributed by atoms with E-state index in [1.54, 1.807) is 42.6 Å². The Hall–Kier alpha value is -4.08. The first kappa shape index (κ1) is 24.6. The van der Waals surface area contributed by atoms with Crippen LogP contribution in [0.15, 0.2) is 66.9 Å². The van der Waals surface area contributed by atoms with E-state index in [9.17, 15) is 22.8 Å². The number of aryl methyl sites for hydroxylation is 1. The number of carbonyl (C=O) groups is 2. The molecular weight excluding hydrogens is 451 g/mol. The number of alkyl carbamates (subject to hydrolysis) is 1. The summed E-state index contributed by atoms with van der Waals surface area (Å²) >= 11 is 0. The average Bonchev–Trinajstić information content (AvgIpc) is 2.82. The molecule has 0 bridgehead atoms. The maximum absolute atomic E-state index is 12.8. The molecule has 7 nitrogen and oxygen atoms in total. The Morgan fingerprint density at radius 2 is 1.76 bits per heavy atom. The molecule has 34 heavy (non-hydrogen) atoms. The summed E-state index contributed by atoms with van der Waals surface area (Å²) in [6.45, 7) is 0.186. The summed E-state index contributed by atoms with van der Waals surface area (Å²) in [7, 11) is 1.27. The molecule has 1 heterocycles. The molecule has 0 unspecified atom stereocenters. The third kappa shape index (κ3) is 7.51. The van der Waals surface area contributed by atoms with Gasteiger partial charge >= 0.3 is 12.3 Å². The van der Waals surface area contributed by atoms with Gasteiger partial charge in [-0.05, 0) is 48.4 Å². The predicted octanol–water partition coefficient (Wildman–Crippen LogP) is 5.32. The van der Waals surface area contributed by atoms with Gasteiger partial charge in [-0.1, -0.05) is 18.2 Å². The van der Waals surface area contributed by atoms with Crippen LogP contribution in [0, 0.1) is 0 Å². The van der Waals surface area contributed by atoms with Crippen molar-refractivity contribution >= 4 is 17.7 Å². The van der Waals surface area contributed by atoms with Gasteiger partial charge in [-0.3, -0.25) is 9.78 Å². The van der Waals surface area contributed by atoms with E-state index in [2.05, 4.69) is 20.4 Å². The summed E-state index contributed by atoms with van der Waals surface area (Å²) in [5, 5.41) is 5.02. The highest BCUT2D eigenvalue weighted by Gasteiger charge is 2.30. The van der Waals surface area contributed by atoms with Crippen molar-refractivity contribution in [1.29, 1.82) is 0 Å². The van der Waals surface area contributed by atoms with Crippen LogP contribution in [0.1, 0.15) is 23.2 Å². The smallest absolute Gasteiger partial charge is 0.416 e. The number of nitrogens with zero attached hydrogens (tertiary/aromatic N) is 1. The van der Waals surface area contributed by atoms with Gasteiger partial charge in [0.05, 0.1) is 24.9 Å². The second-order valence-corrected chi connectivity index (χ2v) is 7.20. The first-order valence-corrected chi connectivity index (χ1v) is 10.2. The zero-order valence-corrected chi connectivity index (χ0v) is 18.2. The van der Waals surface area contributed by atoms with Crippen LogP contribution in [0.5, 0.6) is 11.5 Å². The standard InChI is InChI=1S/C24H22F3N3O4/c1-33-23(32)29-15-19-14-21(11-12-28-19)34-20-8-5-16(6-9-20)7-10-22(31)30-18-4-2-3-17(13-18)24(25,26)27/h2-6,8-9,11-14H,7,10,15H2,1H3,(H,29,32)(H,30,31). The number of amides is 2. The summed E-state index contributed by atoms with van der Waals surface area (Å²) in [4.78, 5) is 27.5. The summed E-state index contributed by atoms with van der Waals surface area (Å²) in [5.41, 5.74) is 0.736. The highest BCUT2D eigenvalue weighted by molar-refractivity contribution is 5.90. The highest BCUT2D eigenvalue weighted by Crippen LogP contribution is 2.30. The van der Waals surface area contributed by atoms with Crippen LogP contribution in [0.2, 0.25) is 0 Å². The lowest BCUT2D eigenvalue weighted by molar-refractivity contribution is -0.137. The molecule has 3 rings (SSSR count). The Kier molecular flexibility index (Phi) is 8.07. The van der Waals surface area contributed by atoms with Crippen molar-refractivity contribution in [2.75, 3.05) is 12.4 Å². The Bertz CT molecular complexity index is 1130. The number of pyridine rings is 1. The van der Waals surface area contributed by atoms with Gasteiger partial charge in [-0.2, -0.15) is 13.2 Å². The van der Waals surface area contributed by atoms with Crippen molar-refractivity contribution < 1.29 is 32.2 Å². The fourth-order valence-electron chi connectivity index (χ4n) is 2.97. The maximum Gasteiger partial charge on any atom is 0.416 e. The molecule has 178 valence electrons. The number of alkyl halides is 3. The Labute approximate surface area is 193 Å². The van der Waals surface area contributed by atoms with Gasteiger partial charge in [0, 0.05) is 24.4 Å². The molecule has 0 aliphatic carbocycles. The molecule has 10 heteroatoms. The van der Waals surface area contributed by atoms with Gasteiger partial charge in [-0.15, -0.1) is 0 Å². The van der Waals surface area contributed by atoms with Crippen LogP contribution in [0.3, 0.4) is 0 Å². The minimum atomic E-state index is -4.47. The van der Waals surface area contributed by atoms with E-state index in [4.69, 9.17) is 4.74 Å². The molecule has 0 spiro atoms. The van der Waals surface area contributed by atoms with Gasteiger partial charge in [0.15, 0.2) is 0 Å². The quantitative estimate of drug-likeness (QED) is 0.462. The number of carbonyl (C=O) groups excluding carboxylic acids is 2. The van der Waals surface area contributed by atoms with E-state index in [0.29, 0.717) is 23.6 Å². The molecule has 0 fully saturated rings. The molecule has 1 aromatic heterocycles. The molecule has 0 atom stereocenters. The van der Waals surface area contributed by atoms with Gasteiger partial charge in [0.2, 0.25) is 5.91 Å². The van der Waals surface area contributed by atoms with Crippen molar-refractivity contribution in [3.05, 3.63) is 83.7 Å². The molecular formula is C24H22F3N3O4. The molecule has 0 aliphatic rings. The minimum Gasteiger partial charge on any atom is -0.457 e. The first-order valence-electron chi connectivity index (χ1n) is 10.2. The molecule has 2 amide bonds. The number of anilines is 1. The number of aromatic nitrogens is 1. The third-order valence-corrected chi connectivity index (χ3v) is 4.66. The fraction of sp³-hybridized carbons (Fsp3) is 0.208. The number of methoxy groups -OCH3 is 1. The van der Waals surface area contributed by atoms with Crippen molar-refractivity contribution in [2.24, 2.45) is 0 Å². The Morgan fingerprint density at radius 3 is 2.47 bits per heavy atom. The molecule has 0 saturated heterocycles. The number of nitrogens with one attached hydrogen (secondary N) is 2. The van der Waals surface area contributed by atoms with E-state index < -0.39 is 17.8 Å². The second kappa shape index (κ2) is 11.2. The second-order valence-electron chi connectivity index (χ2n) is 7.20. The molecule has 2 N–H and O–H groups in total. The number of hydrogen-bond donors (Lipinski definition) is 2. The van der Waals surface area contributed by atoms with Crippen LogP contribution >= 0.6 is 0 Å². The average molecular weight is 473 g/mol. The number of benzene rings is 2. The largest absolute Gasteiger partial charge is 0.457 e. The maximum atomic E-state index is 12.8. The molecule has 0 radical (unpaired) electrons. The number of rotatable bonds is 8. The molecule has 2 aromatic carbocycles.